The van der Waals surface area contributed by atoms with Crippen LogP contribution < -0.4 is 11.0 Å². The van der Waals surface area contributed by atoms with Crippen LogP contribution in [-0.4, -0.2) is 14.8 Å². The summed E-state index contributed by atoms with van der Waals surface area (Å²) in [5.74, 6) is 0. The number of pyridine rings is 1. The zero-order valence-electron chi connectivity index (χ0n) is 13.0. The van der Waals surface area contributed by atoms with E-state index in [9.17, 15) is 9.59 Å². The Hall–Kier alpha value is -3.34. The van der Waals surface area contributed by atoms with E-state index < -0.39 is 0 Å². The number of nitrogens with zero attached hydrogens (tertiary/aromatic N) is 1. The molecule has 0 bridgehead atoms. The number of hydrogen-bond donors (Lipinski definition) is 2. The van der Waals surface area contributed by atoms with Gasteiger partial charge in [0.2, 0.25) is 0 Å². The molecule has 4 rings (SSSR count). The number of benzene rings is 2. The van der Waals surface area contributed by atoms with E-state index in [0.29, 0.717) is 17.0 Å². The summed E-state index contributed by atoms with van der Waals surface area (Å²) < 4.78 is 1.38. The minimum Gasteiger partial charge on any atom is -0.339 e. The van der Waals surface area contributed by atoms with Gasteiger partial charge in [-0.2, -0.15) is 0 Å². The van der Waals surface area contributed by atoms with E-state index in [1.54, 1.807) is 0 Å². The number of aromatic amines is 2. The van der Waals surface area contributed by atoms with E-state index in [1.165, 1.54) is 10.7 Å². The van der Waals surface area contributed by atoms with Gasteiger partial charge in [-0.15, -0.1) is 0 Å². The number of aryl methyl sites for hydroxylation is 1. The zero-order chi connectivity index (χ0) is 16.7. The van der Waals surface area contributed by atoms with Gasteiger partial charge in [-0.25, -0.2) is 4.68 Å². The third-order valence-corrected chi connectivity index (χ3v) is 4.05. The maximum atomic E-state index is 12.6. The average molecular weight is 317 g/mol. The average Bonchev–Trinajstić information content (AvgIpc) is 2.93. The summed E-state index contributed by atoms with van der Waals surface area (Å²) in [6.45, 7) is 2.01. The molecule has 2 heterocycles. The fourth-order valence-electron chi connectivity index (χ4n) is 2.78. The molecular formula is C19H15N3O2. The lowest BCUT2D eigenvalue weighted by Gasteiger charge is -2.02. The van der Waals surface area contributed by atoms with E-state index >= 15 is 0 Å². The van der Waals surface area contributed by atoms with Crippen molar-refractivity contribution in [1.29, 1.82) is 0 Å². The Balaban J connectivity index is 1.95. The van der Waals surface area contributed by atoms with Gasteiger partial charge in [0.25, 0.3) is 5.56 Å². The number of H-pyrrole nitrogens is 2. The van der Waals surface area contributed by atoms with Gasteiger partial charge in [-0.3, -0.25) is 14.7 Å². The first-order valence-corrected chi connectivity index (χ1v) is 7.64. The second kappa shape index (κ2) is 5.38. The minimum atomic E-state index is -0.354. The number of hydrogen-bond acceptors (Lipinski definition) is 2. The summed E-state index contributed by atoms with van der Waals surface area (Å²) in [6.07, 6.45) is 0. The maximum absolute atomic E-state index is 12.6. The van der Waals surface area contributed by atoms with Gasteiger partial charge in [-0.05, 0) is 24.6 Å². The lowest BCUT2D eigenvalue weighted by molar-refractivity contribution is 0.858. The summed E-state index contributed by atoms with van der Waals surface area (Å²) >= 11 is 0. The monoisotopic (exact) mass is 317 g/mol. The second-order valence-electron chi connectivity index (χ2n) is 5.75. The summed E-state index contributed by atoms with van der Waals surface area (Å²) in [5.41, 5.74) is 3.17. The molecule has 0 unspecified atom stereocenters. The molecule has 0 spiro atoms. The van der Waals surface area contributed by atoms with Crippen molar-refractivity contribution in [3.05, 3.63) is 86.8 Å². The van der Waals surface area contributed by atoms with Gasteiger partial charge in [0.1, 0.15) is 11.0 Å². The fourth-order valence-corrected chi connectivity index (χ4v) is 2.78. The van der Waals surface area contributed by atoms with Crippen LogP contribution >= 0.6 is 0 Å². The van der Waals surface area contributed by atoms with Gasteiger partial charge in [0, 0.05) is 6.07 Å². The molecule has 118 valence electrons. The molecule has 0 saturated heterocycles. The van der Waals surface area contributed by atoms with Crippen LogP contribution in [0.15, 0.2) is 70.3 Å². The lowest BCUT2D eigenvalue weighted by Crippen LogP contribution is -2.18. The SMILES string of the molecule is Cc1ccc(-c2cc(=O)c3c(=O)n(-c4ccccc4)[nH]c3[nH]2)cc1. The standard InChI is InChI=1S/C19H15N3O2/c1-12-7-9-13(10-8-12)15-11-16(23)17-18(20-15)21-22(19(17)24)14-5-3-2-4-6-14/h2-11H,1H3,(H2,20,21,23). The molecule has 0 saturated carbocycles. The maximum Gasteiger partial charge on any atom is 0.284 e. The van der Waals surface area contributed by atoms with E-state index in [0.717, 1.165) is 11.1 Å². The summed E-state index contributed by atoms with van der Waals surface area (Å²) in [7, 11) is 0. The highest BCUT2D eigenvalue weighted by Crippen LogP contribution is 2.18. The molecule has 5 nitrogen and oxygen atoms in total. The van der Waals surface area contributed by atoms with Crippen LogP contribution in [0.1, 0.15) is 5.56 Å². The highest BCUT2D eigenvalue weighted by Gasteiger charge is 2.13. The predicted octanol–water partition coefficient (Wildman–Crippen LogP) is 2.98. The lowest BCUT2D eigenvalue weighted by atomic mass is 10.1. The third-order valence-electron chi connectivity index (χ3n) is 4.05. The molecule has 2 aromatic heterocycles. The van der Waals surface area contributed by atoms with Crippen LogP contribution in [-0.2, 0) is 0 Å². The largest absolute Gasteiger partial charge is 0.339 e. The molecule has 24 heavy (non-hydrogen) atoms. The third kappa shape index (κ3) is 2.27. The van der Waals surface area contributed by atoms with Crippen LogP contribution in [0.5, 0.6) is 0 Å². The van der Waals surface area contributed by atoms with E-state index in [1.807, 2.05) is 61.5 Å². The summed E-state index contributed by atoms with van der Waals surface area (Å²) in [4.78, 5) is 28.2. The molecule has 0 radical (unpaired) electrons. The Labute approximate surface area is 137 Å². The molecule has 0 atom stereocenters. The van der Waals surface area contributed by atoms with Crippen molar-refractivity contribution in [2.75, 3.05) is 0 Å². The highest BCUT2D eigenvalue weighted by molar-refractivity contribution is 5.78. The molecule has 2 N–H and O–H groups in total. The van der Waals surface area contributed by atoms with E-state index in [4.69, 9.17) is 0 Å². The van der Waals surface area contributed by atoms with Gasteiger partial charge < -0.3 is 4.98 Å². The molecule has 0 fully saturated rings. The van der Waals surface area contributed by atoms with Gasteiger partial charge in [0.05, 0.1) is 11.4 Å². The zero-order valence-corrected chi connectivity index (χ0v) is 13.0. The smallest absolute Gasteiger partial charge is 0.284 e. The van der Waals surface area contributed by atoms with Crippen LogP contribution in [0.3, 0.4) is 0 Å². The van der Waals surface area contributed by atoms with Gasteiger partial charge in [0.15, 0.2) is 5.43 Å². The summed E-state index contributed by atoms with van der Waals surface area (Å²) in [5, 5.41) is 3.13. The molecule has 2 aromatic carbocycles. The Bertz CT molecular complexity index is 1130. The second-order valence-corrected chi connectivity index (χ2v) is 5.75. The topological polar surface area (TPSA) is 70.7 Å². The molecule has 4 aromatic rings. The first-order valence-electron chi connectivity index (χ1n) is 7.64. The number of para-hydroxylation sites is 1. The molecular weight excluding hydrogens is 302 g/mol. The Morgan fingerprint density at radius 2 is 1.62 bits per heavy atom. The number of rotatable bonds is 2. The first-order chi connectivity index (χ1) is 11.6. The molecule has 0 aliphatic rings. The van der Waals surface area contributed by atoms with E-state index in [-0.39, 0.29) is 16.4 Å². The minimum absolute atomic E-state index is 0.134. The quantitative estimate of drug-likeness (QED) is 0.596. The molecule has 5 heteroatoms. The first kappa shape index (κ1) is 14.3. The Kier molecular flexibility index (Phi) is 3.20. The van der Waals surface area contributed by atoms with Crippen LogP contribution in [0.25, 0.3) is 28.0 Å². The Morgan fingerprint density at radius 1 is 0.917 bits per heavy atom. The predicted molar refractivity (Wildman–Crippen MR) is 94.7 cm³/mol. The number of aromatic nitrogens is 3. The number of nitrogens with one attached hydrogen (secondary N) is 2. The van der Waals surface area contributed by atoms with Gasteiger partial charge >= 0.3 is 0 Å². The highest BCUT2D eigenvalue weighted by atomic mass is 16.1. The molecule has 0 amide bonds. The molecule has 0 aliphatic heterocycles. The van der Waals surface area contributed by atoms with Crippen molar-refractivity contribution in [2.24, 2.45) is 0 Å². The van der Waals surface area contributed by atoms with Crippen molar-refractivity contribution >= 4 is 11.0 Å². The Morgan fingerprint density at radius 3 is 2.33 bits per heavy atom. The van der Waals surface area contributed by atoms with Crippen LogP contribution in [0, 0.1) is 6.92 Å². The fraction of sp³-hybridized carbons (Fsp3) is 0.0526. The van der Waals surface area contributed by atoms with Crippen LogP contribution in [0.4, 0.5) is 0 Å². The van der Waals surface area contributed by atoms with Crippen molar-refractivity contribution in [2.45, 2.75) is 6.92 Å². The van der Waals surface area contributed by atoms with Crippen molar-refractivity contribution in [1.82, 2.24) is 14.8 Å². The summed E-state index contributed by atoms with van der Waals surface area (Å²) in [6, 6.07) is 18.5. The van der Waals surface area contributed by atoms with Crippen LogP contribution in [0.2, 0.25) is 0 Å². The molecule has 0 aliphatic carbocycles. The normalized spacial score (nSPS) is 11.0. The van der Waals surface area contributed by atoms with E-state index in [2.05, 4.69) is 10.1 Å². The number of fused-ring (bicyclic) bond motifs is 1. The van der Waals surface area contributed by atoms with Gasteiger partial charge in [-0.1, -0.05) is 48.0 Å². The van der Waals surface area contributed by atoms with Crippen molar-refractivity contribution in [3.8, 4) is 16.9 Å². The van der Waals surface area contributed by atoms with Crippen molar-refractivity contribution in [3.63, 3.8) is 0 Å². The van der Waals surface area contributed by atoms with Crippen molar-refractivity contribution < 1.29 is 0 Å².